The van der Waals surface area contributed by atoms with Crippen LogP contribution in [0.25, 0.3) is 21.9 Å². The molecule has 0 saturated carbocycles. The van der Waals surface area contributed by atoms with Gasteiger partial charge in [-0.1, -0.05) is 0 Å². The molecule has 7 heteroatoms. The molecule has 0 aliphatic rings. The summed E-state index contributed by atoms with van der Waals surface area (Å²) in [6, 6.07) is 4.18. The fourth-order valence-electron chi connectivity index (χ4n) is 2.20. The third kappa shape index (κ3) is 1.75. The van der Waals surface area contributed by atoms with Gasteiger partial charge in [0.25, 0.3) is 0 Å². The van der Waals surface area contributed by atoms with Crippen LogP contribution in [0.5, 0.6) is 17.2 Å². The zero-order valence-electron chi connectivity index (χ0n) is 10.3. The molecule has 1 aromatic heterocycles. The smallest absolute Gasteiger partial charge is 0.339 e. The first-order valence-electron chi connectivity index (χ1n) is 5.78. The van der Waals surface area contributed by atoms with E-state index in [1.165, 1.54) is 0 Å². The minimum Gasteiger partial charge on any atom is -0.508 e. The minimum absolute atomic E-state index is 0.182. The van der Waals surface area contributed by atoms with Crippen LogP contribution in [-0.2, 0) is 0 Å². The van der Waals surface area contributed by atoms with E-state index in [1.807, 2.05) is 0 Å². The van der Waals surface area contributed by atoms with E-state index < -0.39 is 22.9 Å². The third-order valence-corrected chi connectivity index (χ3v) is 3.10. The van der Waals surface area contributed by atoms with Gasteiger partial charge in [0.1, 0.15) is 39.2 Å². The Hall–Kier alpha value is -3.22. The Morgan fingerprint density at radius 2 is 1.71 bits per heavy atom. The number of benzene rings is 2. The van der Waals surface area contributed by atoms with Gasteiger partial charge in [0.05, 0.1) is 0 Å². The van der Waals surface area contributed by atoms with E-state index in [1.54, 1.807) is 0 Å². The van der Waals surface area contributed by atoms with Crippen LogP contribution >= 0.6 is 0 Å². The van der Waals surface area contributed by atoms with Crippen LogP contribution in [0.2, 0.25) is 0 Å². The summed E-state index contributed by atoms with van der Waals surface area (Å²) in [5.74, 6) is -2.68. The van der Waals surface area contributed by atoms with Crippen LogP contribution in [0, 0.1) is 0 Å². The highest BCUT2D eigenvalue weighted by atomic mass is 16.4. The maximum atomic E-state index is 12.4. The number of hydrogen-bond acceptors (Lipinski definition) is 6. The molecular formula is C14H8O7. The zero-order chi connectivity index (χ0) is 15.3. The lowest BCUT2D eigenvalue weighted by Crippen LogP contribution is -2.06. The lowest BCUT2D eigenvalue weighted by Gasteiger charge is -2.07. The van der Waals surface area contributed by atoms with E-state index in [4.69, 9.17) is 9.52 Å². The molecule has 4 N–H and O–H groups in total. The molecule has 0 saturated heterocycles. The van der Waals surface area contributed by atoms with Crippen LogP contribution in [0.3, 0.4) is 0 Å². The molecule has 0 fully saturated rings. The summed E-state index contributed by atoms with van der Waals surface area (Å²) >= 11 is 0. The third-order valence-electron chi connectivity index (χ3n) is 3.10. The number of rotatable bonds is 1. The van der Waals surface area contributed by atoms with Gasteiger partial charge in [0, 0.05) is 12.1 Å². The average Bonchev–Trinajstić information content (AvgIpc) is 2.37. The van der Waals surface area contributed by atoms with Gasteiger partial charge in [-0.25, -0.2) is 4.79 Å². The molecular weight excluding hydrogens is 280 g/mol. The van der Waals surface area contributed by atoms with Gasteiger partial charge >= 0.3 is 5.97 Å². The normalized spacial score (nSPS) is 11.0. The first-order valence-corrected chi connectivity index (χ1v) is 5.78. The number of fused-ring (bicyclic) bond motifs is 2. The second-order valence-corrected chi connectivity index (χ2v) is 4.41. The molecule has 0 amide bonds. The SMILES string of the molecule is O=C(O)c1ccc(O)c2c(=O)c3c(O)cc(O)cc3oc12. The fourth-order valence-corrected chi connectivity index (χ4v) is 2.20. The van der Waals surface area contributed by atoms with Crippen molar-refractivity contribution in [2.45, 2.75) is 0 Å². The van der Waals surface area contributed by atoms with Crippen molar-refractivity contribution in [2.75, 3.05) is 0 Å². The topological polar surface area (TPSA) is 128 Å². The standard InChI is InChI=1S/C14H8O7/c15-5-3-8(17)10-9(4-5)21-13-6(14(19)20)1-2-7(16)11(13)12(10)18/h1-4,15-17H,(H,19,20). The quantitative estimate of drug-likeness (QED) is 0.502. The van der Waals surface area contributed by atoms with E-state index in [0.717, 1.165) is 24.3 Å². The highest BCUT2D eigenvalue weighted by molar-refractivity contribution is 6.05. The Morgan fingerprint density at radius 1 is 1.00 bits per heavy atom. The van der Waals surface area contributed by atoms with Crippen molar-refractivity contribution in [3.05, 3.63) is 40.1 Å². The molecule has 0 aliphatic carbocycles. The maximum absolute atomic E-state index is 12.4. The summed E-state index contributed by atoms with van der Waals surface area (Å²) in [6.45, 7) is 0. The van der Waals surface area contributed by atoms with E-state index >= 15 is 0 Å². The number of aromatic carboxylic acids is 1. The summed E-state index contributed by atoms with van der Waals surface area (Å²) in [5, 5.41) is 37.5. The van der Waals surface area contributed by atoms with E-state index in [9.17, 15) is 24.9 Å². The summed E-state index contributed by atoms with van der Waals surface area (Å²) in [6.07, 6.45) is 0. The largest absolute Gasteiger partial charge is 0.508 e. The molecule has 0 radical (unpaired) electrons. The Labute approximate surface area is 115 Å². The zero-order valence-corrected chi connectivity index (χ0v) is 10.3. The molecule has 0 aliphatic heterocycles. The molecule has 0 atom stereocenters. The summed E-state index contributed by atoms with van der Waals surface area (Å²) in [7, 11) is 0. The summed E-state index contributed by atoms with van der Waals surface area (Å²) < 4.78 is 5.30. The Bertz CT molecular complexity index is 969. The van der Waals surface area contributed by atoms with Crippen molar-refractivity contribution in [1.29, 1.82) is 0 Å². The second kappa shape index (κ2) is 4.14. The predicted molar refractivity (Wildman–Crippen MR) is 71.9 cm³/mol. The predicted octanol–water partition coefficient (Wildman–Crippen LogP) is 1.76. The molecule has 3 rings (SSSR count). The van der Waals surface area contributed by atoms with Crippen molar-refractivity contribution in [2.24, 2.45) is 0 Å². The van der Waals surface area contributed by atoms with Crippen molar-refractivity contribution in [3.8, 4) is 17.2 Å². The number of aromatic hydroxyl groups is 3. The number of carboxylic acids is 1. The van der Waals surface area contributed by atoms with E-state index in [2.05, 4.69) is 0 Å². The Morgan fingerprint density at radius 3 is 2.38 bits per heavy atom. The molecule has 3 aromatic rings. The van der Waals surface area contributed by atoms with Gasteiger partial charge in [-0.3, -0.25) is 4.79 Å². The number of carboxylic acid groups (broad SMARTS) is 1. The molecule has 0 unspecified atom stereocenters. The molecule has 2 aromatic carbocycles. The summed E-state index contributed by atoms with van der Waals surface area (Å²) in [5.41, 5.74) is -1.61. The highest BCUT2D eigenvalue weighted by Gasteiger charge is 2.20. The van der Waals surface area contributed by atoms with Gasteiger partial charge in [0.2, 0.25) is 5.43 Å². The Kier molecular flexibility index (Phi) is 2.52. The molecule has 1 heterocycles. The highest BCUT2D eigenvalue weighted by Crippen LogP contribution is 2.33. The fraction of sp³-hybridized carbons (Fsp3) is 0. The van der Waals surface area contributed by atoms with Crippen molar-refractivity contribution < 1.29 is 29.6 Å². The monoisotopic (exact) mass is 288 g/mol. The Balaban J connectivity index is 2.66. The molecule has 0 bridgehead atoms. The number of hydrogen-bond donors (Lipinski definition) is 4. The second-order valence-electron chi connectivity index (χ2n) is 4.41. The minimum atomic E-state index is -1.34. The van der Waals surface area contributed by atoms with Crippen LogP contribution in [0.15, 0.2) is 33.5 Å². The van der Waals surface area contributed by atoms with Crippen LogP contribution in [0.1, 0.15) is 10.4 Å². The first kappa shape index (κ1) is 12.8. The number of phenols is 3. The summed E-state index contributed by atoms with van der Waals surface area (Å²) in [4.78, 5) is 23.5. The van der Waals surface area contributed by atoms with Crippen molar-refractivity contribution in [1.82, 2.24) is 0 Å². The number of phenolic OH excluding ortho intramolecular Hbond substituents is 3. The van der Waals surface area contributed by atoms with Gasteiger partial charge in [-0.2, -0.15) is 0 Å². The lowest BCUT2D eigenvalue weighted by atomic mass is 10.1. The van der Waals surface area contributed by atoms with Crippen molar-refractivity contribution >= 4 is 27.9 Å². The van der Waals surface area contributed by atoms with Crippen LogP contribution in [-0.4, -0.2) is 26.4 Å². The molecule has 21 heavy (non-hydrogen) atoms. The molecule has 7 nitrogen and oxygen atoms in total. The van der Waals surface area contributed by atoms with E-state index in [0.29, 0.717) is 0 Å². The van der Waals surface area contributed by atoms with Crippen molar-refractivity contribution in [3.63, 3.8) is 0 Å². The first-order chi connectivity index (χ1) is 9.90. The van der Waals surface area contributed by atoms with Crippen LogP contribution in [0.4, 0.5) is 0 Å². The van der Waals surface area contributed by atoms with Gasteiger partial charge < -0.3 is 24.8 Å². The van der Waals surface area contributed by atoms with E-state index in [-0.39, 0.29) is 33.3 Å². The number of carbonyl (C=O) groups is 1. The maximum Gasteiger partial charge on any atom is 0.339 e. The van der Waals surface area contributed by atoms with Gasteiger partial charge in [0.15, 0.2) is 5.58 Å². The molecule has 0 spiro atoms. The van der Waals surface area contributed by atoms with Gasteiger partial charge in [-0.05, 0) is 12.1 Å². The lowest BCUT2D eigenvalue weighted by molar-refractivity contribution is 0.0698. The average molecular weight is 288 g/mol. The molecule has 106 valence electrons. The van der Waals surface area contributed by atoms with Crippen LogP contribution < -0.4 is 5.43 Å². The van der Waals surface area contributed by atoms with Gasteiger partial charge in [-0.15, -0.1) is 0 Å².